The van der Waals surface area contributed by atoms with Crippen molar-refractivity contribution in [2.75, 3.05) is 32.7 Å². The Kier molecular flexibility index (Phi) is 7.12. The predicted molar refractivity (Wildman–Crippen MR) is 111 cm³/mol. The van der Waals surface area contributed by atoms with E-state index in [1.807, 2.05) is 26.0 Å². The number of hydrogen-bond donors (Lipinski definition) is 2. The summed E-state index contributed by atoms with van der Waals surface area (Å²) >= 11 is 0. The third kappa shape index (κ3) is 5.84. The molecule has 0 aliphatic carbocycles. The fourth-order valence-electron chi connectivity index (χ4n) is 3.47. The van der Waals surface area contributed by atoms with Crippen molar-refractivity contribution < 1.29 is 9.21 Å². The Morgan fingerprint density at radius 1 is 1.04 bits per heavy atom. The highest BCUT2D eigenvalue weighted by molar-refractivity contribution is 5.74. The molecule has 28 heavy (non-hydrogen) atoms. The molecule has 1 aromatic carbocycles. The van der Waals surface area contributed by atoms with Gasteiger partial charge in [-0.1, -0.05) is 31.2 Å². The van der Waals surface area contributed by atoms with Crippen LogP contribution in [-0.2, 0) is 13.1 Å². The number of carbonyl (C=O) groups is 1. The second kappa shape index (κ2) is 9.75. The summed E-state index contributed by atoms with van der Waals surface area (Å²) in [6.45, 7) is 13.2. The average molecular weight is 385 g/mol. The molecule has 6 heteroatoms. The first-order valence-electron chi connectivity index (χ1n) is 10.2. The zero-order valence-corrected chi connectivity index (χ0v) is 17.2. The van der Waals surface area contributed by atoms with E-state index in [4.69, 9.17) is 4.42 Å². The molecule has 1 aliphatic heterocycles. The number of piperazine rings is 1. The van der Waals surface area contributed by atoms with Crippen LogP contribution in [0.15, 0.2) is 40.8 Å². The average Bonchev–Trinajstić information content (AvgIpc) is 3.14. The Hall–Kier alpha value is -2.31. The van der Waals surface area contributed by atoms with Crippen molar-refractivity contribution in [1.82, 2.24) is 20.4 Å². The number of rotatable bonds is 7. The Labute approximate surface area is 167 Å². The van der Waals surface area contributed by atoms with Crippen LogP contribution in [0.2, 0.25) is 0 Å². The van der Waals surface area contributed by atoms with Gasteiger partial charge >= 0.3 is 6.03 Å². The third-order valence-electron chi connectivity index (χ3n) is 5.33. The van der Waals surface area contributed by atoms with E-state index in [0.29, 0.717) is 6.54 Å². The Bertz CT molecular complexity index is 748. The maximum Gasteiger partial charge on any atom is 0.315 e. The molecule has 1 fully saturated rings. The predicted octanol–water partition coefficient (Wildman–Crippen LogP) is 3.29. The van der Waals surface area contributed by atoms with Gasteiger partial charge in [0.15, 0.2) is 0 Å². The van der Waals surface area contributed by atoms with Gasteiger partial charge in [-0.15, -0.1) is 0 Å². The fourth-order valence-corrected chi connectivity index (χ4v) is 3.47. The van der Waals surface area contributed by atoms with Gasteiger partial charge in [0.25, 0.3) is 0 Å². The van der Waals surface area contributed by atoms with E-state index in [2.05, 4.69) is 51.6 Å². The molecule has 3 rings (SSSR count). The van der Waals surface area contributed by atoms with E-state index in [9.17, 15) is 4.79 Å². The Morgan fingerprint density at radius 3 is 2.29 bits per heavy atom. The van der Waals surface area contributed by atoms with Gasteiger partial charge in [0.2, 0.25) is 0 Å². The summed E-state index contributed by atoms with van der Waals surface area (Å²) in [4.78, 5) is 17.1. The number of furan rings is 1. The molecule has 1 aliphatic rings. The van der Waals surface area contributed by atoms with Crippen molar-refractivity contribution in [1.29, 1.82) is 0 Å². The molecular weight excluding hydrogens is 352 g/mol. The SMILES string of the molecule is CCN1CCN(Cc2ccc(CNC(=O)NC(C)c3ccc(C)o3)cc2)CC1. The Balaban J connectivity index is 1.41. The minimum absolute atomic E-state index is 0.163. The monoisotopic (exact) mass is 384 g/mol. The van der Waals surface area contributed by atoms with E-state index in [0.717, 1.165) is 56.4 Å². The molecule has 2 amide bonds. The first-order valence-corrected chi connectivity index (χ1v) is 10.2. The summed E-state index contributed by atoms with van der Waals surface area (Å²) in [6.07, 6.45) is 0. The topological polar surface area (TPSA) is 60.8 Å². The first-order chi connectivity index (χ1) is 13.5. The lowest BCUT2D eigenvalue weighted by Gasteiger charge is -2.34. The van der Waals surface area contributed by atoms with Crippen LogP contribution in [0.4, 0.5) is 4.79 Å². The van der Waals surface area contributed by atoms with E-state index < -0.39 is 0 Å². The highest BCUT2D eigenvalue weighted by Crippen LogP contribution is 2.15. The second-order valence-corrected chi connectivity index (χ2v) is 7.52. The van der Waals surface area contributed by atoms with Gasteiger partial charge in [-0.25, -0.2) is 4.79 Å². The van der Waals surface area contributed by atoms with Gasteiger partial charge < -0.3 is 20.0 Å². The maximum atomic E-state index is 12.1. The molecule has 0 radical (unpaired) electrons. The molecule has 2 heterocycles. The lowest BCUT2D eigenvalue weighted by molar-refractivity contribution is 0.132. The van der Waals surface area contributed by atoms with Crippen LogP contribution in [0.3, 0.4) is 0 Å². The lowest BCUT2D eigenvalue weighted by atomic mass is 10.1. The van der Waals surface area contributed by atoms with Gasteiger partial charge in [0.05, 0.1) is 6.04 Å². The third-order valence-corrected chi connectivity index (χ3v) is 5.33. The molecule has 6 nitrogen and oxygen atoms in total. The molecule has 1 aromatic heterocycles. The van der Waals surface area contributed by atoms with Gasteiger partial charge in [-0.05, 0) is 43.7 Å². The van der Waals surface area contributed by atoms with Crippen molar-refractivity contribution in [3.05, 3.63) is 59.0 Å². The van der Waals surface area contributed by atoms with Crippen LogP contribution in [0.5, 0.6) is 0 Å². The first kappa shape index (κ1) is 20.4. The molecule has 1 unspecified atom stereocenters. The molecule has 0 bridgehead atoms. The Morgan fingerprint density at radius 2 is 1.68 bits per heavy atom. The number of aryl methyl sites for hydroxylation is 1. The van der Waals surface area contributed by atoms with E-state index in [1.165, 1.54) is 5.56 Å². The van der Waals surface area contributed by atoms with E-state index in [-0.39, 0.29) is 12.1 Å². The fraction of sp³-hybridized carbons (Fsp3) is 0.500. The van der Waals surface area contributed by atoms with Crippen LogP contribution in [0.25, 0.3) is 0 Å². The standard InChI is InChI=1S/C22H32N4O2/c1-4-25-11-13-26(14-12-25)16-20-8-6-19(7-9-20)15-23-22(27)24-18(3)21-10-5-17(2)28-21/h5-10,18H,4,11-16H2,1-3H3,(H2,23,24,27). The zero-order chi connectivity index (χ0) is 19.9. The van der Waals surface area contributed by atoms with Gasteiger partial charge in [-0.3, -0.25) is 4.90 Å². The van der Waals surface area contributed by atoms with Crippen LogP contribution < -0.4 is 10.6 Å². The molecule has 1 saturated heterocycles. The van der Waals surface area contributed by atoms with Crippen molar-refractivity contribution >= 4 is 6.03 Å². The minimum Gasteiger partial charge on any atom is -0.464 e. The number of carbonyl (C=O) groups excluding carboxylic acids is 1. The largest absolute Gasteiger partial charge is 0.464 e. The number of benzene rings is 1. The normalized spacial score (nSPS) is 16.7. The van der Waals surface area contributed by atoms with Crippen LogP contribution in [0.1, 0.15) is 42.5 Å². The molecular formula is C22H32N4O2. The zero-order valence-electron chi connectivity index (χ0n) is 17.2. The number of nitrogens with zero attached hydrogens (tertiary/aromatic N) is 2. The summed E-state index contributed by atoms with van der Waals surface area (Å²) in [5, 5.41) is 5.81. The van der Waals surface area contributed by atoms with Crippen molar-refractivity contribution in [2.24, 2.45) is 0 Å². The molecule has 2 aromatic rings. The maximum absolute atomic E-state index is 12.1. The quantitative estimate of drug-likeness (QED) is 0.769. The molecule has 152 valence electrons. The van der Waals surface area contributed by atoms with Gasteiger partial charge in [-0.2, -0.15) is 0 Å². The van der Waals surface area contributed by atoms with Crippen LogP contribution in [-0.4, -0.2) is 48.6 Å². The highest BCUT2D eigenvalue weighted by atomic mass is 16.3. The van der Waals surface area contributed by atoms with E-state index >= 15 is 0 Å². The van der Waals surface area contributed by atoms with Crippen molar-refractivity contribution in [3.8, 4) is 0 Å². The number of likely N-dealkylation sites (N-methyl/N-ethyl adjacent to an activating group) is 1. The van der Waals surface area contributed by atoms with Gasteiger partial charge in [0, 0.05) is 39.3 Å². The van der Waals surface area contributed by atoms with Gasteiger partial charge in [0.1, 0.15) is 11.5 Å². The number of amides is 2. The van der Waals surface area contributed by atoms with E-state index in [1.54, 1.807) is 0 Å². The highest BCUT2D eigenvalue weighted by Gasteiger charge is 2.15. The summed E-state index contributed by atoms with van der Waals surface area (Å²) < 4.78 is 5.55. The minimum atomic E-state index is -0.195. The summed E-state index contributed by atoms with van der Waals surface area (Å²) in [5.41, 5.74) is 2.41. The van der Waals surface area contributed by atoms with Crippen LogP contribution >= 0.6 is 0 Å². The molecule has 2 N–H and O–H groups in total. The van der Waals surface area contributed by atoms with Crippen molar-refractivity contribution in [3.63, 3.8) is 0 Å². The van der Waals surface area contributed by atoms with Crippen molar-refractivity contribution in [2.45, 2.75) is 39.9 Å². The second-order valence-electron chi connectivity index (χ2n) is 7.52. The molecule has 0 spiro atoms. The lowest BCUT2D eigenvalue weighted by Crippen LogP contribution is -2.45. The number of nitrogens with one attached hydrogen (secondary N) is 2. The summed E-state index contributed by atoms with van der Waals surface area (Å²) in [7, 11) is 0. The summed E-state index contributed by atoms with van der Waals surface area (Å²) in [6, 6.07) is 11.9. The smallest absolute Gasteiger partial charge is 0.315 e. The summed E-state index contributed by atoms with van der Waals surface area (Å²) in [5.74, 6) is 1.60. The number of hydrogen-bond acceptors (Lipinski definition) is 4. The van der Waals surface area contributed by atoms with Crippen LogP contribution in [0, 0.1) is 6.92 Å². The molecule has 0 saturated carbocycles. The molecule has 1 atom stereocenters. The number of urea groups is 1.